The van der Waals surface area contributed by atoms with Crippen LogP contribution in [0.1, 0.15) is 75.1 Å². The molecule has 2 unspecified atom stereocenters. The number of amides is 1. The Morgan fingerprint density at radius 1 is 1.19 bits per heavy atom. The Kier molecular flexibility index (Phi) is 7.73. The zero-order chi connectivity index (χ0) is 21.5. The Labute approximate surface area is 186 Å². The highest BCUT2D eigenvalue weighted by Crippen LogP contribution is 2.28. The summed E-state index contributed by atoms with van der Waals surface area (Å²) in [6, 6.07) is 5.83. The van der Waals surface area contributed by atoms with Crippen LogP contribution in [0.15, 0.2) is 36.8 Å². The highest BCUT2D eigenvalue weighted by molar-refractivity contribution is 5.94. The van der Waals surface area contributed by atoms with E-state index in [4.69, 9.17) is 0 Å². The number of nitrogens with zero attached hydrogens (tertiary/aromatic N) is 4. The molecule has 0 aromatic carbocycles. The Morgan fingerprint density at radius 3 is 2.87 bits per heavy atom. The minimum atomic E-state index is -0.00381. The van der Waals surface area contributed by atoms with Crippen LogP contribution < -0.4 is 5.32 Å². The largest absolute Gasteiger partial charge is 0.349 e. The van der Waals surface area contributed by atoms with Crippen LogP contribution in [0.5, 0.6) is 0 Å². The van der Waals surface area contributed by atoms with Gasteiger partial charge in [-0.1, -0.05) is 32.6 Å². The zero-order valence-corrected chi connectivity index (χ0v) is 18.9. The molecule has 1 saturated heterocycles. The summed E-state index contributed by atoms with van der Waals surface area (Å²) in [5.74, 6) is 2.14. The Balaban J connectivity index is 1.33. The van der Waals surface area contributed by atoms with Crippen LogP contribution in [0.25, 0.3) is 5.82 Å². The topological polar surface area (TPSA) is 63.1 Å². The summed E-state index contributed by atoms with van der Waals surface area (Å²) in [5, 5.41) is 7.54. The van der Waals surface area contributed by atoms with Crippen molar-refractivity contribution >= 4 is 5.91 Å². The minimum Gasteiger partial charge on any atom is -0.349 e. The predicted octanol–water partition coefficient (Wildman–Crippen LogP) is 4.46. The molecule has 0 radical (unpaired) electrons. The van der Waals surface area contributed by atoms with Gasteiger partial charge in [-0.15, -0.1) is 0 Å². The highest BCUT2D eigenvalue weighted by atomic mass is 16.1. The highest BCUT2D eigenvalue weighted by Gasteiger charge is 2.30. The molecule has 6 heteroatoms. The Bertz CT molecular complexity index is 804. The molecule has 1 amide bonds. The maximum Gasteiger partial charge on any atom is 0.253 e. The molecule has 1 saturated carbocycles. The van der Waals surface area contributed by atoms with Gasteiger partial charge in [0.05, 0.1) is 5.56 Å². The van der Waals surface area contributed by atoms with E-state index in [0.717, 1.165) is 24.7 Å². The number of pyridine rings is 1. The van der Waals surface area contributed by atoms with E-state index in [1.54, 1.807) is 17.1 Å². The normalized spacial score (nSPS) is 24.7. The lowest BCUT2D eigenvalue weighted by Crippen LogP contribution is -2.48. The van der Waals surface area contributed by atoms with E-state index in [1.807, 2.05) is 24.4 Å². The first-order chi connectivity index (χ1) is 15.2. The van der Waals surface area contributed by atoms with Crippen molar-refractivity contribution < 1.29 is 4.79 Å². The van der Waals surface area contributed by atoms with Crippen molar-refractivity contribution in [2.75, 3.05) is 19.6 Å². The van der Waals surface area contributed by atoms with E-state index in [1.165, 1.54) is 64.5 Å². The standard InChI is InChI=1S/C25H37N5O/c1-2-3-8-20-9-6-15-29(18-20)19-22-10-4-5-11-23(22)28-25(31)21-12-13-24(26-17-21)30-16-7-14-27-30/h7,12-14,16-17,20,22-23H,2-6,8-11,15,18-19H2,1H3,(H,28,31)/t20?,22-,23?/m0/s1. The number of carbonyl (C=O) groups excluding carboxylic acids is 1. The summed E-state index contributed by atoms with van der Waals surface area (Å²) >= 11 is 0. The maximum atomic E-state index is 12.9. The molecule has 1 aliphatic carbocycles. The molecule has 2 fully saturated rings. The van der Waals surface area contributed by atoms with E-state index in [0.29, 0.717) is 11.5 Å². The summed E-state index contributed by atoms with van der Waals surface area (Å²) in [4.78, 5) is 20.0. The van der Waals surface area contributed by atoms with Gasteiger partial charge in [-0.3, -0.25) is 4.79 Å². The van der Waals surface area contributed by atoms with Gasteiger partial charge in [0.15, 0.2) is 5.82 Å². The third-order valence-electron chi connectivity index (χ3n) is 7.04. The van der Waals surface area contributed by atoms with Crippen molar-refractivity contribution in [1.29, 1.82) is 0 Å². The van der Waals surface area contributed by atoms with E-state index < -0.39 is 0 Å². The lowest BCUT2D eigenvalue weighted by molar-refractivity contribution is 0.0853. The number of unbranched alkanes of at least 4 members (excludes halogenated alkanes) is 1. The number of carbonyl (C=O) groups is 1. The smallest absolute Gasteiger partial charge is 0.253 e. The first-order valence-electron chi connectivity index (χ1n) is 12.2. The Morgan fingerprint density at radius 2 is 2.10 bits per heavy atom. The molecule has 6 nitrogen and oxygen atoms in total. The SMILES string of the molecule is CCCCC1CCCN(C[C@@H]2CCCCC2NC(=O)c2ccc(-n3cccn3)nc2)C1. The van der Waals surface area contributed by atoms with Gasteiger partial charge in [-0.25, -0.2) is 9.67 Å². The number of hydrogen-bond acceptors (Lipinski definition) is 4. The number of aromatic nitrogens is 3. The van der Waals surface area contributed by atoms with Crippen molar-refractivity contribution in [3.05, 3.63) is 42.4 Å². The molecule has 2 aromatic heterocycles. The molecule has 0 bridgehead atoms. The van der Waals surface area contributed by atoms with Gasteiger partial charge >= 0.3 is 0 Å². The third kappa shape index (κ3) is 5.94. The van der Waals surface area contributed by atoms with Crippen molar-refractivity contribution in [3.8, 4) is 5.82 Å². The number of piperidine rings is 1. The van der Waals surface area contributed by atoms with E-state index >= 15 is 0 Å². The fourth-order valence-corrected chi connectivity index (χ4v) is 5.31. The number of rotatable bonds is 8. The summed E-state index contributed by atoms with van der Waals surface area (Å²) in [6.45, 7) is 5.88. The monoisotopic (exact) mass is 423 g/mol. The average molecular weight is 424 g/mol. The van der Waals surface area contributed by atoms with Crippen LogP contribution in [0.2, 0.25) is 0 Å². The minimum absolute atomic E-state index is 0.00381. The van der Waals surface area contributed by atoms with Crippen LogP contribution >= 0.6 is 0 Å². The first-order valence-corrected chi connectivity index (χ1v) is 12.2. The molecule has 4 rings (SSSR count). The van der Waals surface area contributed by atoms with Crippen LogP contribution in [0.4, 0.5) is 0 Å². The van der Waals surface area contributed by atoms with Gasteiger partial charge in [0.25, 0.3) is 5.91 Å². The lowest BCUT2D eigenvalue weighted by atomic mass is 9.83. The summed E-state index contributed by atoms with van der Waals surface area (Å²) in [6.07, 6.45) is 16.8. The molecule has 2 aliphatic rings. The van der Waals surface area contributed by atoms with Gasteiger partial charge in [-0.05, 0) is 68.7 Å². The summed E-state index contributed by atoms with van der Waals surface area (Å²) in [5.41, 5.74) is 0.623. The second-order valence-electron chi connectivity index (χ2n) is 9.39. The molecule has 31 heavy (non-hydrogen) atoms. The van der Waals surface area contributed by atoms with Crippen LogP contribution in [-0.2, 0) is 0 Å². The van der Waals surface area contributed by atoms with Crippen LogP contribution in [-0.4, -0.2) is 51.2 Å². The van der Waals surface area contributed by atoms with Crippen molar-refractivity contribution in [2.45, 2.75) is 70.8 Å². The number of hydrogen-bond donors (Lipinski definition) is 1. The molecule has 168 valence electrons. The van der Waals surface area contributed by atoms with Crippen LogP contribution in [0, 0.1) is 11.8 Å². The van der Waals surface area contributed by atoms with Crippen molar-refractivity contribution in [3.63, 3.8) is 0 Å². The second-order valence-corrected chi connectivity index (χ2v) is 9.39. The third-order valence-corrected chi connectivity index (χ3v) is 7.04. The molecule has 3 atom stereocenters. The second kappa shape index (κ2) is 10.9. The molecule has 2 aromatic rings. The molecule has 1 N–H and O–H groups in total. The van der Waals surface area contributed by atoms with Gasteiger partial charge in [0.1, 0.15) is 0 Å². The van der Waals surface area contributed by atoms with Crippen molar-refractivity contribution in [2.24, 2.45) is 11.8 Å². The zero-order valence-electron chi connectivity index (χ0n) is 18.9. The fraction of sp³-hybridized carbons (Fsp3) is 0.640. The van der Waals surface area contributed by atoms with E-state index in [2.05, 4.69) is 27.2 Å². The van der Waals surface area contributed by atoms with E-state index in [-0.39, 0.29) is 11.9 Å². The van der Waals surface area contributed by atoms with Crippen molar-refractivity contribution in [1.82, 2.24) is 25.0 Å². The molecule has 1 aliphatic heterocycles. The van der Waals surface area contributed by atoms with Gasteiger partial charge in [-0.2, -0.15) is 5.10 Å². The first kappa shape index (κ1) is 22.0. The molecule has 3 heterocycles. The predicted molar refractivity (Wildman–Crippen MR) is 123 cm³/mol. The Hall–Kier alpha value is -2.21. The van der Waals surface area contributed by atoms with Gasteiger partial charge < -0.3 is 10.2 Å². The molecular weight excluding hydrogens is 386 g/mol. The number of likely N-dealkylation sites (tertiary alicyclic amines) is 1. The number of nitrogens with one attached hydrogen (secondary N) is 1. The average Bonchev–Trinajstić information content (AvgIpc) is 3.34. The van der Waals surface area contributed by atoms with E-state index in [9.17, 15) is 4.79 Å². The quantitative estimate of drug-likeness (QED) is 0.681. The van der Waals surface area contributed by atoms with Gasteiger partial charge in [0.2, 0.25) is 0 Å². The van der Waals surface area contributed by atoms with Crippen LogP contribution in [0.3, 0.4) is 0 Å². The fourth-order valence-electron chi connectivity index (χ4n) is 5.31. The molecular formula is C25H37N5O. The summed E-state index contributed by atoms with van der Waals surface area (Å²) < 4.78 is 1.70. The lowest BCUT2D eigenvalue weighted by Gasteiger charge is -2.39. The van der Waals surface area contributed by atoms with Gasteiger partial charge in [0, 0.05) is 37.7 Å². The molecule has 0 spiro atoms. The summed E-state index contributed by atoms with van der Waals surface area (Å²) in [7, 11) is 0. The maximum absolute atomic E-state index is 12.9.